The van der Waals surface area contributed by atoms with Gasteiger partial charge >= 0.3 is 29.6 Å². The first-order valence-electron chi connectivity index (χ1n) is 8.70. The van der Waals surface area contributed by atoms with Crippen molar-refractivity contribution in [2.75, 3.05) is 19.0 Å². The van der Waals surface area contributed by atoms with Gasteiger partial charge in [-0.25, -0.2) is 18.3 Å². The summed E-state index contributed by atoms with van der Waals surface area (Å²) < 4.78 is 29.0. The number of rotatable bonds is 3. The molecule has 144 valence electrons. The van der Waals surface area contributed by atoms with E-state index in [1.54, 1.807) is 6.92 Å². The number of aryl methyl sites for hydroxylation is 1. The third kappa shape index (κ3) is 3.85. The van der Waals surface area contributed by atoms with E-state index < -0.39 is 11.6 Å². The van der Waals surface area contributed by atoms with E-state index in [4.69, 9.17) is 0 Å². The minimum Gasteiger partial charge on any atom is -1.00 e. The maximum absolute atomic E-state index is 14.4. The van der Waals surface area contributed by atoms with Crippen LogP contribution in [0.2, 0.25) is 0 Å². The van der Waals surface area contributed by atoms with Crippen LogP contribution in [-0.4, -0.2) is 28.7 Å². The Balaban J connectivity index is 0.00000160. The third-order valence-electron chi connectivity index (χ3n) is 4.68. The number of hydrogen-bond acceptors (Lipinski definition) is 3. The fourth-order valence-electron chi connectivity index (χ4n) is 3.24. The van der Waals surface area contributed by atoms with Crippen molar-refractivity contribution in [1.82, 2.24) is 14.6 Å². The Morgan fingerprint density at radius 3 is 2.38 bits per heavy atom. The fourth-order valence-corrected chi connectivity index (χ4v) is 3.24. The van der Waals surface area contributed by atoms with Crippen molar-refractivity contribution < 1.29 is 39.8 Å². The molecule has 1 N–H and O–H groups in total. The molecule has 0 aliphatic rings. The topological polar surface area (TPSA) is 53.4 Å². The van der Waals surface area contributed by atoms with E-state index in [9.17, 15) is 13.6 Å². The van der Waals surface area contributed by atoms with Crippen molar-refractivity contribution in [2.24, 2.45) is 0 Å². The van der Waals surface area contributed by atoms with Gasteiger partial charge in [0.15, 0.2) is 5.65 Å². The molecule has 0 spiro atoms. The second-order valence-electron chi connectivity index (χ2n) is 6.82. The molecule has 2 aromatic heterocycles. The summed E-state index contributed by atoms with van der Waals surface area (Å²) >= 11 is 0. The van der Waals surface area contributed by atoms with Gasteiger partial charge in [-0.05, 0) is 31.2 Å². The van der Waals surface area contributed by atoms with E-state index in [0.29, 0.717) is 22.6 Å². The van der Waals surface area contributed by atoms with Gasteiger partial charge in [-0.2, -0.15) is 0 Å². The van der Waals surface area contributed by atoms with Gasteiger partial charge in [-0.15, -0.1) is 0 Å². The number of fused-ring (bicyclic) bond motifs is 1. The Hall–Kier alpha value is -2.48. The van der Waals surface area contributed by atoms with Crippen molar-refractivity contribution in [1.29, 1.82) is 0 Å². The number of nitrogens with zero attached hydrogens (tertiary/aromatic N) is 3. The van der Waals surface area contributed by atoms with Gasteiger partial charge in [-0.1, -0.05) is 12.1 Å². The van der Waals surface area contributed by atoms with Crippen LogP contribution in [0.15, 0.2) is 53.3 Å². The zero-order valence-electron chi connectivity index (χ0n) is 17.6. The normalized spacial score (nSPS) is 10.8. The molecule has 29 heavy (non-hydrogen) atoms. The summed E-state index contributed by atoms with van der Waals surface area (Å²) in [7, 11) is 3.88. The van der Waals surface area contributed by atoms with Crippen molar-refractivity contribution in [3.63, 3.8) is 0 Å². The molecule has 2 aromatic carbocycles. The molecule has 4 aromatic rings. The molecule has 0 fully saturated rings. The maximum atomic E-state index is 14.4. The van der Waals surface area contributed by atoms with Gasteiger partial charge in [0, 0.05) is 54.3 Å². The number of nitrogens with one attached hydrogen (secondary N) is 1. The monoisotopic (exact) mass is 404 g/mol. The summed E-state index contributed by atoms with van der Waals surface area (Å²) in [4.78, 5) is 19.2. The van der Waals surface area contributed by atoms with Gasteiger partial charge in [0.05, 0.1) is 5.69 Å². The van der Waals surface area contributed by atoms with E-state index in [2.05, 4.69) is 10.1 Å². The predicted octanol–water partition coefficient (Wildman–Crippen LogP) is 1.13. The molecule has 8 heteroatoms. The number of H-pyrrole nitrogens is 1. The predicted molar refractivity (Wildman–Crippen MR) is 107 cm³/mol. The van der Waals surface area contributed by atoms with Crippen LogP contribution in [0.4, 0.5) is 14.5 Å². The van der Waals surface area contributed by atoms with E-state index in [1.807, 2.05) is 43.3 Å². The molecule has 5 nitrogen and oxygen atoms in total. The molecule has 0 radical (unpaired) electrons. The van der Waals surface area contributed by atoms with Gasteiger partial charge < -0.3 is 6.33 Å². The number of anilines is 1. The van der Waals surface area contributed by atoms with Crippen LogP contribution >= 0.6 is 0 Å². The Labute approximate surface area is 189 Å². The summed E-state index contributed by atoms with van der Waals surface area (Å²) in [6, 6.07) is 12.4. The average molecular weight is 404 g/mol. The summed E-state index contributed by atoms with van der Waals surface area (Å²) in [5, 5.41) is 2.91. The van der Waals surface area contributed by atoms with Gasteiger partial charge in [0.1, 0.15) is 11.6 Å². The SMILES string of the molecule is Cc1[nH]n2c(=O)cc(-c3ccc(N(C)C)cc3)nc2c1-c1ccc(F)cc1F.[H-].[Na+]. The average Bonchev–Trinajstić information content (AvgIpc) is 2.98. The van der Waals surface area contributed by atoms with Crippen LogP contribution in [0.5, 0.6) is 0 Å². The van der Waals surface area contributed by atoms with Crippen LogP contribution in [-0.2, 0) is 0 Å². The second-order valence-corrected chi connectivity index (χ2v) is 6.82. The zero-order valence-corrected chi connectivity index (χ0v) is 18.6. The first kappa shape index (κ1) is 21.2. The Morgan fingerprint density at radius 2 is 1.76 bits per heavy atom. The smallest absolute Gasteiger partial charge is 1.00 e. The van der Waals surface area contributed by atoms with Crippen LogP contribution in [0.25, 0.3) is 28.0 Å². The van der Waals surface area contributed by atoms with Crippen LogP contribution < -0.4 is 40.0 Å². The fraction of sp³-hybridized carbons (Fsp3) is 0.143. The molecule has 2 heterocycles. The number of halogens is 2. The van der Waals surface area contributed by atoms with Crippen LogP contribution in [0.3, 0.4) is 0 Å². The van der Waals surface area contributed by atoms with Crippen molar-refractivity contribution in [3.05, 3.63) is 76.2 Å². The Bertz CT molecular complexity index is 1250. The first-order valence-corrected chi connectivity index (χ1v) is 8.70. The largest absolute Gasteiger partial charge is 1.00 e. The summed E-state index contributed by atoms with van der Waals surface area (Å²) in [6.45, 7) is 1.72. The number of aromatic nitrogens is 3. The van der Waals surface area contributed by atoms with E-state index >= 15 is 0 Å². The molecule has 0 bridgehead atoms. The first-order chi connectivity index (χ1) is 13.3. The summed E-state index contributed by atoms with van der Waals surface area (Å²) in [5.74, 6) is -1.37. The standard InChI is InChI=1S/C21H18F2N4O.Na.H/c1-12-20(16-9-6-14(22)10-17(16)23)21-24-18(11-19(28)27(21)25-12)13-4-7-15(8-5-13)26(2)3;;/h4-11,25H,1-3H3;;/q;+1;-1. The van der Waals surface area contributed by atoms with E-state index in [1.165, 1.54) is 22.7 Å². The minimum absolute atomic E-state index is 0. The van der Waals surface area contributed by atoms with E-state index in [-0.39, 0.29) is 42.1 Å². The third-order valence-corrected chi connectivity index (χ3v) is 4.68. The second kappa shape index (κ2) is 8.10. The van der Waals surface area contributed by atoms with Crippen LogP contribution in [0.1, 0.15) is 7.12 Å². The van der Waals surface area contributed by atoms with Gasteiger partial charge in [0.2, 0.25) is 0 Å². The van der Waals surface area contributed by atoms with Crippen molar-refractivity contribution >= 4 is 11.3 Å². The van der Waals surface area contributed by atoms with Gasteiger partial charge in [-0.3, -0.25) is 9.89 Å². The molecule has 4 rings (SSSR count). The molecule has 0 aliphatic heterocycles. The molecule has 0 amide bonds. The molecular weight excluding hydrogens is 385 g/mol. The van der Waals surface area contributed by atoms with Crippen molar-refractivity contribution in [3.8, 4) is 22.4 Å². The number of benzene rings is 2. The molecule has 0 atom stereocenters. The molecule has 0 saturated carbocycles. The number of aromatic amines is 1. The quantitative estimate of drug-likeness (QED) is 0.521. The van der Waals surface area contributed by atoms with Gasteiger partial charge in [0.25, 0.3) is 5.56 Å². The molecule has 0 aliphatic carbocycles. The number of hydrogen-bond donors (Lipinski definition) is 1. The molecule has 0 unspecified atom stereocenters. The Kier molecular flexibility index (Phi) is 5.93. The van der Waals surface area contributed by atoms with Crippen LogP contribution in [0, 0.1) is 18.6 Å². The van der Waals surface area contributed by atoms with Crippen molar-refractivity contribution in [2.45, 2.75) is 6.92 Å². The molecule has 0 saturated heterocycles. The van der Waals surface area contributed by atoms with E-state index in [0.717, 1.165) is 17.3 Å². The summed E-state index contributed by atoms with van der Waals surface area (Å²) in [6.07, 6.45) is 0. The summed E-state index contributed by atoms with van der Waals surface area (Å²) in [5.41, 5.74) is 3.44. The minimum atomic E-state index is -0.709. The molecular formula is C21H19F2N4NaO. The Morgan fingerprint density at radius 1 is 1.07 bits per heavy atom. The maximum Gasteiger partial charge on any atom is 1.00 e. The zero-order chi connectivity index (χ0) is 20.0.